The third-order valence-corrected chi connectivity index (χ3v) is 3.67. The van der Waals surface area contributed by atoms with Crippen molar-refractivity contribution in [2.45, 2.75) is 11.6 Å². The SMILES string of the molecule is O=C(CSc1ncn[nH]1)NC1=NN(c2ccccc2)C(=O)C1. The van der Waals surface area contributed by atoms with Gasteiger partial charge in [-0.15, -0.1) is 0 Å². The van der Waals surface area contributed by atoms with Crippen molar-refractivity contribution in [3.63, 3.8) is 0 Å². The topological polar surface area (TPSA) is 103 Å². The van der Waals surface area contributed by atoms with E-state index in [4.69, 9.17) is 0 Å². The fourth-order valence-corrected chi connectivity index (χ4v) is 2.44. The van der Waals surface area contributed by atoms with Crippen LogP contribution >= 0.6 is 11.8 Å². The predicted molar refractivity (Wildman–Crippen MR) is 81.2 cm³/mol. The van der Waals surface area contributed by atoms with Crippen molar-refractivity contribution >= 4 is 35.1 Å². The number of carbonyl (C=O) groups excluding carboxylic acids is 2. The molecule has 112 valence electrons. The maximum Gasteiger partial charge on any atom is 0.255 e. The molecule has 22 heavy (non-hydrogen) atoms. The molecule has 9 heteroatoms. The summed E-state index contributed by atoms with van der Waals surface area (Å²) >= 11 is 1.22. The van der Waals surface area contributed by atoms with Crippen LogP contribution in [0.15, 0.2) is 46.9 Å². The number of nitrogens with one attached hydrogen (secondary N) is 2. The lowest BCUT2D eigenvalue weighted by Crippen LogP contribution is -2.31. The third kappa shape index (κ3) is 3.31. The second-order valence-electron chi connectivity index (χ2n) is 4.39. The summed E-state index contributed by atoms with van der Waals surface area (Å²) in [6, 6.07) is 9.07. The molecule has 0 atom stereocenters. The van der Waals surface area contributed by atoms with Crippen molar-refractivity contribution < 1.29 is 9.59 Å². The van der Waals surface area contributed by atoms with Gasteiger partial charge >= 0.3 is 0 Å². The van der Waals surface area contributed by atoms with E-state index >= 15 is 0 Å². The lowest BCUT2D eigenvalue weighted by atomic mass is 10.3. The number of amides is 2. The van der Waals surface area contributed by atoms with E-state index in [2.05, 4.69) is 25.6 Å². The second kappa shape index (κ2) is 6.39. The van der Waals surface area contributed by atoms with E-state index in [0.717, 1.165) is 0 Å². The molecule has 0 radical (unpaired) electrons. The van der Waals surface area contributed by atoms with Crippen molar-refractivity contribution in [2.24, 2.45) is 5.10 Å². The highest BCUT2D eigenvalue weighted by Crippen LogP contribution is 2.19. The molecule has 3 rings (SSSR count). The van der Waals surface area contributed by atoms with Gasteiger partial charge in [-0.3, -0.25) is 14.7 Å². The minimum absolute atomic E-state index is 0.0770. The first-order valence-corrected chi connectivity index (χ1v) is 7.44. The summed E-state index contributed by atoms with van der Waals surface area (Å²) in [4.78, 5) is 27.7. The Balaban J connectivity index is 1.58. The van der Waals surface area contributed by atoms with Crippen molar-refractivity contribution in [3.05, 3.63) is 36.7 Å². The summed E-state index contributed by atoms with van der Waals surface area (Å²) in [5.41, 5.74) is 0.674. The molecule has 2 aromatic rings. The van der Waals surface area contributed by atoms with Gasteiger partial charge in [-0.1, -0.05) is 30.0 Å². The van der Waals surface area contributed by atoms with E-state index in [1.807, 2.05) is 18.2 Å². The largest absolute Gasteiger partial charge is 0.312 e. The van der Waals surface area contributed by atoms with E-state index in [0.29, 0.717) is 16.7 Å². The lowest BCUT2D eigenvalue weighted by Gasteiger charge is -2.10. The number of amidine groups is 1. The predicted octanol–water partition coefficient (Wildman–Crippen LogP) is 0.763. The maximum absolute atomic E-state index is 11.9. The van der Waals surface area contributed by atoms with E-state index in [1.165, 1.54) is 23.1 Å². The molecule has 0 fully saturated rings. The molecule has 2 heterocycles. The number of hydrogen-bond acceptors (Lipinski definition) is 6. The highest BCUT2D eigenvalue weighted by atomic mass is 32.2. The number of carbonyl (C=O) groups is 2. The summed E-state index contributed by atoms with van der Waals surface area (Å²) < 4.78 is 0. The number of rotatable bonds is 4. The fourth-order valence-electron chi connectivity index (χ4n) is 1.86. The molecule has 0 unspecified atom stereocenters. The quantitative estimate of drug-likeness (QED) is 0.811. The van der Waals surface area contributed by atoms with Gasteiger partial charge < -0.3 is 5.32 Å². The number of hydrazone groups is 1. The first-order valence-electron chi connectivity index (χ1n) is 6.46. The van der Waals surface area contributed by atoms with Gasteiger partial charge in [-0.05, 0) is 12.1 Å². The summed E-state index contributed by atoms with van der Waals surface area (Å²) in [6.45, 7) is 0. The molecular formula is C13H12N6O2S. The van der Waals surface area contributed by atoms with Gasteiger partial charge in [0.25, 0.3) is 5.91 Å². The zero-order valence-electron chi connectivity index (χ0n) is 11.4. The Morgan fingerprint density at radius 3 is 2.91 bits per heavy atom. The molecule has 0 saturated heterocycles. The van der Waals surface area contributed by atoms with Gasteiger partial charge in [-0.2, -0.15) is 15.2 Å². The Morgan fingerprint density at radius 1 is 1.36 bits per heavy atom. The van der Waals surface area contributed by atoms with E-state index < -0.39 is 0 Å². The van der Waals surface area contributed by atoms with Crippen LogP contribution in [0.25, 0.3) is 0 Å². The first-order chi connectivity index (χ1) is 10.7. The highest BCUT2D eigenvalue weighted by molar-refractivity contribution is 7.99. The zero-order valence-corrected chi connectivity index (χ0v) is 12.2. The van der Waals surface area contributed by atoms with Gasteiger partial charge in [0.15, 0.2) is 5.16 Å². The minimum atomic E-state index is -0.247. The summed E-state index contributed by atoms with van der Waals surface area (Å²) in [6.07, 6.45) is 1.45. The minimum Gasteiger partial charge on any atom is -0.312 e. The van der Waals surface area contributed by atoms with Crippen molar-refractivity contribution in [2.75, 3.05) is 10.8 Å². The first kappa shape index (κ1) is 14.3. The van der Waals surface area contributed by atoms with Crippen LogP contribution in [0.1, 0.15) is 6.42 Å². The van der Waals surface area contributed by atoms with E-state index in [9.17, 15) is 9.59 Å². The summed E-state index contributed by atoms with van der Waals surface area (Å²) in [5, 5.41) is 15.0. The molecule has 0 bridgehead atoms. The monoisotopic (exact) mass is 316 g/mol. The lowest BCUT2D eigenvalue weighted by molar-refractivity contribution is -0.117. The molecule has 0 aliphatic carbocycles. The molecule has 1 aromatic carbocycles. The molecular weight excluding hydrogens is 304 g/mol. The molecule has 2 N–H and O–H groups in total. The molecule has 1 aliphatic rings. The molecule has 1 aromatic heterocycles. The number of H-pyrrole nitrogens is 1. The Labute approximate surface area is 130 Å². The number of para-hydroxylation sites is 1. The van der Waals surface area contributed by atoms with Gasteiger partial charge in [0.2, 0.25) is 5.91 Å². The number of nitrogens with zero attached hydrogens (tertiary/aromatic N) is 4. The van der Waals surface area contributed by atoms with Gasteiger partial charge in [0, 0.05) is 0 Å². The van der Waals surface area contributed by atoms with Crippen LogP contribution in [-0.4, -0.2) is 38.6 Å². The Bertz CT molecular complexity index is 701. The van der Waals surface area contributed by atoms with Crippen LogP contribution in [0.4, 0.5) is 5.69 Å². The smallest absolute Gasteiger partial charge is 0.255 e. The van der Waals surface area contributed by atoms with Crippen LogP contribution in [0.2, 0.25) is 0 Å². The van der Waals surface area contributed by atoms with Gasteiger partial charge in [-0.25, -0.2) is 4.98 Å². The zero-order chi connectivity index (χ0) is 15.4. The van der Waals surface area contributed by atoms with Crippen molar-refractivity contribution in [1.29, 1.82) is 0 Å². The summed E-state index contributed by atoms with van der Waals surface area (Å²) in [7, 11) is 0. The van der Waals surface area contributed by atoms with Crippen molar-refractivity contribution in [1.82, 2.24) is 20.5 Å². The number of benzene rings is 1. The Hall–Kier alpha value is -2.68. The second-order valence-corrected chi connectivity index (χ2v) is 5.36. The van der Waals surface area contributed by atoms with E-state index in [-0.39, 0.29) is 24.0 Å². The molecule has 1 aliphatic heterocycles. The molecule has 0 saturated carbocycles. The average molecular weight is 316 g/mol. The average Bonchev–Trinajstić information content (AvgIpc) is 3.16. The molecule has 8 nitrogen and oxygen atoms in total. The summed E-state index contributed by atoms with van der Waals surface area (Å²) in [5.74, 6) is 0.0811. The van der Waals surface area contributed by atoms with E-state index in [1.54, 1.807) is 12.1 Å². The number of anilines is 1. The number of hydrogen-bond donors (Lipinski definition) is 2. The van der Waals surface area contributed by atoms with Crippen molar-refractivity contribution in [3.8, 4) is 0 Å². The maximum atomic E-state index is 11.9. The Kier molecular flexibility index (Phi) is 4.15. The molecule has 2 amide bonds. The Morgan fingerprint density at radius 2 is 2.18 bits per heavy atom. The number of aromatic nitrogens is 3. The molecule has 0 spiro atoms. The van der Waals surface area contributed by atoms with Crippen LogP contribution in [0, 0.1) is 0 Å². The third-order valence-electron chi connectivity index (χ3n) is 2.79. The van der Waals surface area contributed by atoms with Crippen LogP contribution in [0.3, 0.4) is 0 Å². The highest BCUT2D eigenvalue weighted by Gasteiger charge is 2.26. The van der Waals surface area contributed by atoms with Gasteiger partial charge in [0.05, 0.1) is 17.9 Å². The standard InChI is InChI=1S/C13H12N6O2S/c20-11(7-22-13-14-8-15-17-13)16-10-6-12(21)19(18-10)9-4-2-1-3-5-9/h1-5,8H,6-7H2,(H,14,15,17)(H,16,18,20). The van der Waals surface area contributed by atoms with Crippen LogP contribution in [-0.2, 0) is 9.59 Å². The fraction of sp³-hybridized carbons (Fsp3) is 0.154. The normalized spacial score (nSPS) is 14.1. The van der Waals surface area contributed by atoms with Gasteiger partial charge in [0.1, 0.15) is 12.2 Å². The van der Waals surface area contributed by atoms with Crippen LogP contribution < -0.4 is 10.3 Å². The number of aromatic amines is 1. The van der Waals surface area contributed by atoms with Crippen LogP contribution in [0.5, 0.6) is 0 Å². The number of thioether (sulfide) groups is 1.